The molecule has 3 aromatic rings. The van der Waals surface area contributed by atoms with Crippen molar-refractivity contribution in [1.82, 2.24) is 9.55 Å². The highest BCUT2D eigenvalue weighted by Crippen LogP contribution is 2.25. The van der Waals surface area contributed by atoms with E-state index >= 15 is 0 Å². The number of thioether (sulfide) groups is 1. The van der Waals surface area contributed by atoms with Crippen LogP contribution < -0.4 is 5.56 Å². The van der Waals surface area contributed by atoms with Crippen LogP contribution in [0.25, 0.3) is 21.7 Å². The van der Waals surface area contributed by atoms with Crippen molar-refractivity contribution in [2.75, 3.05) is 7.11 Å². The van der Waals surface area contributed by atoms with Crippen LogP contribution in [0.3, 0.4) is 0 Å². The van der Waals surface area contributed by atoms with Gasteiger partial charge in [-0.2, -0.15) is 0 Å². The van der Waals surface area contributed by atoms with Gasteiger partial charge in [0.05, 0.1) is 18.0 Å². The average molecular weight is 342 g/mol. The van der Waals surface area contributed by atoms with E-state index in [-0.39, 0.29) is 11.5 Å². The molecule has 0 aliphatic carbocycles. The number of hydrogen-bond acceptors (Lipinski definition) is 5. The Balaban J connectivity index is 2.20. The quantitative estimate of drug-likeness (QED) is 0.315. The van der Waals surface area contributed by atoms with Crippen LogP contribution in [0.15, 0.2) is 46.3 Å². The van der Waals surface area contributed by atoms with E-state index in [1.54, 1.807) is 11.5 Å². The molecular formula is C18H18N2O3S. The summed E-state index contributed by atoms with van der Waals surface area (Å²) in [6.07, 6.45) is 0. The van der Waals surface area contributed by atoms with E-state index in [1.807, 2.05) is 43.3 Å². The first-order chi connectivity index (χ1) is 11.5. The van der Waals surface area contributed by atoms with Crippen molar-refractivity contribution >= 4 is 39.4 Å². The minimum absolute atomic E-state index is 0.0900. The van der Waals surface area contributed by atoms with Gasteiger partial charge in [0.25, 0.3) is 5.56 Å². The van der Waals surface area contributed by atoms with Crippen LogP contribution in [0.4, 0.5) is 0 Å². The Labute approximate surface area is 143 Å². The first-order valence-corrected chi connectivity index (χ1v) is 8.61. The lowest BCUT2D eigenvalue weighted by Gasteiger charge is -2.14. The SMILES string of the molecule is CCn1c(SC(C)C(=O)OC)nc2cc3ccccc3cc2c1=O. The van der Waals surface area contributed by atoms with Gasteiger partial charge in [-0.15, -0.1) is 0 Å². The van der Waals surface area contributed by atoms with E-state index in [4.69, 9.17) is 4.74 Å². The molecule has 0 radical (unpaired) electrons. The van der Waals surface area contributed by atoms with E-state index in [9.17, 15) is 9.59 Å². The van der Waals surface area contributed by atoms with Crippen molar-refractivity contribution < 1.29 is 9.53 Å². The van der Waals surface area contributed by atoms with Gasteiger partial charge in [-0.3, -0.25) is 14.2 Å². The smallest absolute Gasteiger partial charge is 0.318 e. The largest absolute Gasteiger partial charge is 0.468 e. The van der Waals surface area contributed by atoms with E-state index < -0.39 is 5.25 Å². The van der Waals surface area contributed by atoms with Gasteiger partial charge in [0.15, 0.2) is 5.16 Å². The molecule has 1 atom stereocenters. The number of aromatic nitrogens is 2. The van der Waals surface area contributed by atoms with E-state index in [1.165, 1.54) is 18.9 Å². The Kier molecular flexibility index (Phi) is 4.57. The molecule has 0 aliphatic heterocycles. The van der Waals surface area contributed by atoms with Crippen LogP contribution in [-0.4, -0.2) is 27.9 Å². The molecule has 0 N–H and O–H groups in total. The van der Waals surface area contributed by atoms with E-state index in [0.29, 0.717) is 22.6 Å². The zero-order valence-corrected chi connectivity index (χ0v) is 14.6. The van der Waals surface area contributed by atoms with Crippen LogP contribution in [0, 0.1) is 0 Å². The molecule has 0 spiro atoms. The molecule has 2 aromatic carbocycles. The highest BCUT2D eigenvalue weighted by molar-refractivity contribution is 8.00. The average Bonchev–Trinajstić information content (AvgIpc) is 2.60. The van der Waals surface area contributed by atoms with Gasteiger partial charge in [-0.1, -0.05) is 36.0 Å². The van der Waals surface area contributed by atoms with Crippen LogP contribution in [0.1, 0.15) is 13.8 Å². The molecule has 1 aromatic heterocycles. The normalized spacial score (nSPS) is 12.5. The van der Waals surface area contributed by atoms with Crippen molar-refractivity contribution in [3.05, 3.63) is 46.8 Å². The molecule has 0 saturated heterocycles. The number of nitrogens with zero attached hydrogens (tertiary/aromatic N) is 2. The summed E-state index contributed by atoms with van der Waals surface area (Å²) >= 11 is 1.24. The monoisotopic (exact) mass is 342 g/mol. The van der Waals surface area contributed by atoms with Crippen molar-refractivity contribution in [2.24, 2.45) is 0 Å². The molecule has 124 valence electrons. The summed E-state index contributed by atoms with van der Waals surface area (Å²) in [6, 6.07) is 11.7. The molecule has 1 heterocycles. The van der Waals surface area contributed by atoms with Gasteiger partial charge in [-0.05, 0) is 36.8 Å². The second kappa shape index (κ2) is 6.65. The minimum atomic E-state index is -0.433. The summed E-state index contributed by atoms with van der Waals surface area (Å²) in [7, 11) is 1.35. The van der Waals surface area contributed by atoms with Crippen LogP contribution >= 0.6 is 11.8 Å². The van der Waals surface area contributed by atoms with Crippen molar-refractivity contribution in [1.29, 1.82) is 0 Å². The second-order valence-corrected chi connectivity index (χ2v) is 6.75. The number of esters is 1. The third-order valence-corrected chi connectivity index (χ3v) is 4.99. The molecule has 1 unspecified atom stereocenters. The maximum Gasteiger partial charge on any atom is 0.318 e. The van der Waals surface area contributed by atoms with E-state index in [0.717, 1.165) is 10.8 Å². The topological polar surface area (TPSA) is 61.2 Å². The van der Waals surface area contributed by atoms with Gasteiger partial charge in [0.1, 0.15) is 5.25 Å². The van der Waals surface area contributed by atoms with Crippen LogP contribution in [0.2, 0.25) is 0 Å². The number of ether oxygens (including phenoxy) is 1. The van der Waals surface area contributed by atoms with Gasteiger partial charge in [0, 0.05) is 6.54 Å². The first kappa shape index (κ1) is 16.5. The van der Waals surface area contributed by atoms with Gasteiger partial charge < -0.3 is 4.74 Å². The Bertz CT molecular complexity index is 981. The molecule has 5 nitrogen and oxygen atoms in total. The van der Waals surface area contributed by atoms with Crippen molar-refractivity contribution in [3.63, 3.8) is 0 Å². The van der Waals surface area contributed by atoms with Crippen LogP contribution in [-0.2, 0) is 16.1 Å². The first-order valence-electron chi connectivity index (χ1n) is 7.73. The fourth-order valence-electron chi connectivity index (χ4n) is 2.63. The van der Waals surface area contributed by atoms with Gasteiger partial charge in [0.2, 0.25) is 0 Å². The molecule has 0 amide bonds. The molecule has 0 saturated carbocycles. The molecule has 0 bridgehead atoms. The number of hydrogen-bond donors (Lipinski definition) is 0. The lowest BCUT2D eigenvalue weighted by atomic mass is 10.1. The zero-order chi connectivity index (χ0) is 17.3. The van der Waals surface area contributed by atoms with Crippen molar-refractivity contribution in [3.8, 4) is 0 Å². The summed E-state index contributed by atoms with van der Waals surface area (Å²) < 4.78 is 6.36. The van der Waals surface area contributed by atoms with Gasteiger partial charge >= 0.3 is 5.97 Å². The molecule has 0 aliphatic rings. The number of fused-ring (bicyclic) bond motifs is 2. The third-order valence-electron chi connectivity index (χ3n) is 3.92. The molecule has 6 heteroatoms. The number of rotatable bonds is 4. The summed E-state index contributed by atoms with van der Waals surface area (Å²) in [4.78, 5) is 29.2. The highest BCUT2D eigenvalue weighted by Gasteiger charge is 2.19. The Morgan fingerprint density at radius 1 is 1.29 bits per heavy atom. The van der Waals surface area contributed by atoms with Crippen LogP contribution in [0.5, 0.6) is 0 Å². The molecule has 3 rings (SSSR count). The van der Waals surface area contributed by atoms with Gasteiger partial charge in [-0.25, -0.2) is 4.98 Å². The Morgan fingerprint density at radius 3 is 2.58 bits per heavy atom. The second-order valence-electron chi connectivity index (χ2n) is 5.44. The summed E-state index contributed by atoms with van der Waals surface area (Å²) in [5.41, 5.74) is 0.552. The van der Waals surface area contributed by atoms with Crippen molar-refractivity contribution in [2.45, 2.75) is 30.8 Å². The lowest BCUT2D eigenvalue weighted by molar-refractivity contribution is -0.139. The third kappa shape index (κ3) is 2.89. The summed E-state index contributed by atoms with van der Waals surface area (Å²) in [6.45, 7) is 4.13. The number of benzene rings is 2. The number of carbonyl (C=O) groups is 1. The molecule has 0 fully saturated rings. The summed E-state index contributed by atoms with van der Waals surface area (Å²) in [5.74, 6) is -0.337. The Hall–Kier alpha value is -2.34. The molecular weight excluding hydrogens is 324 g/mol. The number of methoxy groups -OCH3 is 1. The predicted octanol–water partition coefficient (Wildman–Crippen LogP) is 3.22. The maximum atomic E-state index is 12.8. The fraction of sp³-hybridized carbons (Fsp3) is 0.278. The minimum Gasteiger partial charge on any atom is -0.468 e. The molecule has 24 heavy (non-hydrogen) atoms. The Morgan fingerprint density at radius 2 is 1.96 bits per heavy atom. The summed E-state index contributed by atoms with van der Waals surface area (Å²) in [5, 5.41) is 2.73. The predicted molar refractivity (Wildman–Crippen MR) is 96.5 cm³/mol. The zero-order valence-electron chi connectivity index (χ0n) is 13.8. The van der Waals surface area contributed by atoms with E-state index in [2.05, 4.69) is 4.98 Å². The fourth-order valence-corrected chi connectivity index (χ4v) is 3.63. The highest BCUT2D eigenvalue weighted by atomic mass is 32.2. The number of carbonyl (C=O) groups excluding carboxylic acids is 1. The maximum absolute atomic E-state index is 12.8. The lowest BCUT2D eigenvalue weighted by Crippen LogP contribution is -2.24. The standard InChI is InChI=1S/C18H18N2O3S/c1-4-20-16(21)14-9-12-7-5-6-8-13(12)10-15(14)19-18(20)24-11(2)17(22)23-3/h5-11H,4H2,1-3H3.